The molecule has 0 saturated heterocycles. The summed E-state index contributed by atoms with van der Waals surface area (Å²) < 4.78 is 6.84. The van der Waals surface area contributed by atoms with Gasteiger partial charge in [0.25, 0.3) is 0 Å². The summed E-state index contributed by atoms with van der Waals surface area (Å²) in [6, 6.07) is 1.44. The van der Waals surface area contributed by atoms with E-state index in [9.17, 15) is 9.59 Å². The molecule has 0 amide bonds. The van der Waals surface area contributed by atoms with Crippen molar-refractivity contribution < 1.29 is 14.3 Å². The Kier molecular flexibility index (Phi) is 4.89. The van der Waals surface area contributed by atoms with Crippen molar-refractivity contribution in [1.82, 2.24) is 9.78 Å². The number of rotatable bonds is 7. The van der Waals surface area contributed by atoms with Crippen molar-refractivity contribution >= 4 is 22.6 Å². The third-order valence-corrected chi connectivity index (χ3v) is 3.52. The van der Waals surface area contributed by atoms with Crippen LogP contribution in [0, 0.1) is 0 Å². The van der Waals surface area contributed by atoms with Crippen molar-refractivity contribution in [2.45, 2.75) is 6.73 Å². The first-order chi connectivity index (χ1) is 7.96. The zero-order valence-corrected chi connectivity index (χ0v) is 11.2. The van der Waals surface area contributed by atoms with Gasteiger partial charge in [0.2, 0.25) is 0 Å². The molecule has 0 unspecified atom stereocenters. The second-order valence-electron chi connectivity index (χ2n) is 4.56. The van der Waals surface area contributed by atoms with Gasteiger partial charge in [0, 0.05) is 5.75 Å². The molecule has 0 atom stereocenters. The fourth-order valence-electron chi connectivity index (χ4n) is 1.17. The van der Waals surface area contributed by atoms with Gasteiger partial charge in [-0.05, 0) is 24.8 Å². The number of aromatic nitrogens is 2. The van der Waals surface area contributed by atoms with Crippen LogP contribution in [-0.2, 0) is 11.5 Å². The molecular weight excluding hydrogens is 240 g/mol. The topological polar surface area (TPSA) is 61.2 Å². The van der Waals surface area contributed by atoms with E-state index in [2.05, 4.69) is 23.9 Å². The first-order valence-corrected chi connectivity index (χ1v) is 8.21. The minimum Gasteiger partial charge on any atom is -0.358 e. The Bertz CT molecular complexity index is 396. The van der Waals surface area contributed by atoms with Gasteiger partial charge in [-0.2, -0.15) is 5.10 Å². The maximum Gasteiger partial charge on any atom is 0.170 e. The summed E-state index contributed by atoms with van der Waals surface area (Å²) in [4.78, 5) is 21.2. The number of hydrogen-bond donors (Lipinski definition) is 0. The lowest BCUT2D eigenvalue weighted by atomic mass is 10.4. The van der Waals surface area contributed by atoms with Gasteiger partial charge in [-0.1, -0.05) is 0 Å². The van der Waals surface area contributed by atoms with Crippen molar-refractivity contribution in [1.29, 1.82) is 0 Å². The zero-order chi connectivity index (χ0) is 12.9. The number of aldehydes is 2. The minimum atomic E-state index is -0.574. The monoisotopic (exact) mass is 258 g/mol. The predicted molar refractivity (Wildman–Crippen MR) is 69.2 cm³/mol. The average Bonchev–Trinajstić information content (AvgIpc) is 2.65. The van der Waals surface area contributed by atoms with E-state index < -0.39 is 10.0 Å². The van der Waals surface area contributed by atoms with Crippen molar-refractivity contribution in [3.05, 3.63) is 17.5 Å². The summed E-state index contributed by atoms with van der Waals surface area (Å²) in [5, 5.41) is 3.93. The van der Waals surface area contributed by atoms with E-state index in [1.807, 2.05) is 0 Å². The van der Waals surface area contributed by atoms with E-state index in [1.165, 1.54) is 10.7 Å². The minimum absolute atomic E-state index is 0.206. The van der Waals surface area contributed by atoms with Crippen molar-refractivity contribution in [3.8, 4) is 0 Å². The van der Waals surface area contributed by atoms with Crippen LogP contribution in [0.1, 0.15) is 21.0 Å². The lowest BCUT2D eigenvalue weighted by Gasteiger charge is -2.24. The van der Waals surface area contributed by atoms with E-state index in [4.69, 9.17) is 4.74 Å². The Labute approximate surface area is 102 Å². The Balaban J connectivity index is 2.48. The summed E-state index contributed by atoms with van der Waals surface area (Å²) in [5.74, 6) is 1.01. The molecule has 0 bridgehead atoms. The van der Waals surface area contributed by atoms with Crippen molar-refractivity contribution in [3.63, 3.8) is 0 Å². The lowest BCUT2D eigenvalue weighted by molar-refractivity contribution is 0.0770. The molecule has 0 N–H and O–H groups in total. The van der Waals surface area contributed by atoms with Crippen LogP contribution < -0.4 is 0 Å². The highest BCUT2D eigenvalue weighted by molar-refractivity contribution is 8.32. The molecule has 0 radical (unpaired) electrons. The van der Waals surface area contributed by atoms with Crippen LogP contribution in [0.25, 0.3) is 0 Å². The van der Waals surface area contributed by atoms with Crippen LogP contribution in [0.2, 0.25) is 0 Å². The summed E-state index contributed by atoms with van der Waals surface area (Å²) in [5.41, 5.74) is 0.604. The number of ether oxygens (including phenoxy) is 1. The second kappa shape index (κ2) is 5.97. The Morgan fingerprint density at radius 3 is 2.59 bits per heavy atom. The molecule has 0 saturated carbocycles. The first-order valence-electron chi connectivity index (χ1n) is 5.18. The Morgan fingerprint density at radius 1 is 1.35 bits per heavy atom. The molecule has 0 aliphatic heterocycles. The fraction of sp³-hybridized carbons (Fsp3) is 0.545. The maximum atomic E-state index is 10.7. The molecule has 5 nitrogen and oxygen atoms in total. The van der Waals surface area contributed by atoms with Gasteiger partial charge in [-0.3, -0.25) is 9.59 Å². The first kappa shape index (κ1) is 13.9. The summed E-state index contributed by atoms with van der Waals surface area (Å²) in [6.45, 7) is 0.838. The molecule has 96 valence electrons. The van der Waals surface area contributed by atoms with Gasteiger partial charge < -0.3 is 4.74 Å². The standard InChI is InChI=1S/C11H18N2O3S/c1-17(2,3)5-4-16-9-13-11(8-15)6-10(7-14)12-13/h6-8H,4-5,9H2,1-3H3. The normalized spacial score (nSPS) is 12.4. The molecular formula is C11H18N2O3S. The van der Waals surface area contributed by atoms with Crippen LogP contribution in [0.15, 0.2) is 6.07 Å². The van der Waals surface area contributed by atoms with Gasteiger partial charge in [0.05, 0.1) is 6.61 Å². The molecule has 0 aromatic carbocycles. The SMILES string of the molecule is CS(C)(C)CCOCn1nc(C=O)cc1C=O. The lowest BCUT2D eigenvalue weighted by Crippen LogP contribution is -2.12. The van der Waals surface area contributed by atoms with Gasteiger partial charge in [0.1, 0.15) is 18.1 Å². The third-order valence-electron chi connectivity index (χ3n) is 2.13. The molecule has 1 aromatic heterocycles. The highest BCUT2D eigenvalue weighted by Gasteiger charge is 2.07. The number of nitrogens with zero attached hydrogens (tertiary/aromatic N) is 2. The number of carbonyl (C=O) groups is 2. The molecule has 17 heavy (non-hydrogen) atoms. The predicted octanol–water partition coefficient (Wildman–Crippen LogP) is 1.18. The van der Waals surface area contributed by atoms with Crippen molar-refractivity contribution in [2.24, 2.45) is 0 Å². The molecule has 0 fully saturated rings. The second-order valence-corrected chi connectivity index (χ2v) is 9.15. The molecule has 0 aliphatic carbocycles. The number of carbonyl (C=O) groups excluding carboxylic acids is 2. The molecule has 6 heteroatoms. The fourth-order valence-corrected chi connectivity index (χ4v) is 1.79. The van der Waals surface area contributed by atoms with Crippen LogP contribution >= 0.6 is 10.0 Å². The summed E-state index contributed by atoms with van der Waals surface area (Å²) in [6.07, 6.45) is 7.92. The van der Waals surface area contributed by atoms with Gasteiger partial charge >= 0.3 is 0 Å². The van der Waals surface area contributed by atoms with Crippen LogP contribution in [-0.4, -0.2) is 53.5 Å². The van der Waals surface area contributed by atoms with E-state index in [-0.39, 0.29) is 12.4 Å². The summed E-state index contributed by atoms with van der Waals surface area (Å²) >= 11 is 0. The van der Waals surface area contributed by atoms with Crippen LogP contribution in [0.5, 0.6) is 0 Å². The highest BCUT2D eigenvalue weighted by atomic mass is 32.3. The average molecular weight is 258 g/mol. The van der Waals surface area contributed by atoms with Crippen molar-refractivity contribution in [2.75, 3.05) is 31.1 Å². The molecule has 1 rings (SSSR count). The van der Waals surface area contributed by atoms with E-state index >= 15 is 0 Å². The Hall–Kier alpha value is -1.14. The largest absolute Gasteiger partial charge is 0.358 e. The quantitative estimate of drug-likeness (QED) is 0.544. The van der Waals surface area contributed by atoms with Gasteiger partial charge in [0.15, 0.2) is 12.6 Å². The van der Waals surface area contributed by atoms with Gasteiger partial charge in [-0.15, -0.1) is 0 Å². The van der Waals surface area contributed by atoms with Crippen LogP contribution in [0.4, 0.5) is 0 Å². The third kappa shape index (κ3) is 4.70. The zero-order valence-electron chi connectivity index (χ0n) is 10.4. The molecule has 0 spiro atoms. The van der Waals surface area contributed by atoms with Gasteiger partial charge in [-0.25, -0.2) is 14.7 Å². The van der Waals surface area contributed by atoms with E-state index in [0.29, 0.717) is 24.9 Å². The smallest absolute Gasteiger partial charge is 0.170 e. The van der Waals surface area contributed by atoms with E-state index in [0.717, 1.165) is 5.75 Å². The maximum absolute atomic E-state index is 10.7. The van der Waals surface area contributed by atoms with E-state index in [1.54, 1.807) is 0 Å². The Morgan fingerprint density at radius 2 is 2.06 bits per heavy atom. The molecule has 1 aromatic rings. The molecule has 0 aliphatic rings. The highest BCUT2D eigenvalue weighted by Crippen LogP contribution is 2.33. The van der Waals surface area contributed by atoms with Crippen LogP contribution in [0.3, 0.4) is 0 Å². The molecule has 1 heterocycles. The summed E-state index contributed by atoms with van der Waals surface area (Å²) in [7, 11) is -0.574. The number of hydrogen-bond acceptors (Lipinski definition) is 4.